The zero-order valence-electron chi connectivity index (χ0n) is 10.4. The van der Waals surface area contributed by atoms with E-state index in [4.69, 9.17) is 0 Å². The summed E-state index contributed by atoms with van der Waals surface area (Å²) in [4.78, 5) is 0. The van der Waals surface area contributed by atoms with Gasteiger partial charge in [-0.05, 0) is 36.1 Å². The summed E-state index contributed by atoms with van der Waals surface area (Å²) in [5, 5.41) is 10.1. The molecule has 0 saturated heterocycles. The van der Waals surface area contributed by atoms with Crippen LogP contribution in [0.2, 0.25) is 0 Å². The SMILES string of the molecule is CCCc1c(C)ccc(O)c1-c1ccccc1. The van der Waals surface area contributed by atoms with Crippen LogP contribution in [-0.2, 0) is 6.42 Å². The van der Waals surface area contributed by atoms with Gasteiger partial charge in [0.05, 0.1) is 0 Å². The van der Waals surface area contributed by atoms with Crippen molar-refractivity contribution in [1.82, 2.24) is 0 Å². The molecule has 17 heavy (non-hydrogen) atoms. The van der Waals surface area contributed by atoms with Gasteiger partial charge in [0.1, 0.15) is 5.75 Å². The molecule has 0 aromatic heterocycles. The molecule has 1 nitrogen and oxygen atoms in total. The van der Waals surface area contributed by atoms with Crippen molar-refractivity contribution in [3.63, 3.8) is 0 Å². The van der Waals surface area contributed by atoms with E-state index in [1.807, 2.05) is 36.4 Å². The van der Waals surface area contributed by atoms with Gasteiger partial charge in [0, 0.05) is 5.56 Å². The van der Waals surface area contributed by atoms with E-state index in [-0.39, 0.29) is 0 Å². The van der Waals surface area contributed by atoms with E-state index in [9.17, 15) is 5.11 Å². The number of benzene rings is 2. The van der Waals surface area contributed by atoms with Crippen molar-refractivity contribution in [2.24, 2.45) is 0 Å². The van der Waals surface area contributed by atoms with Crippen LogP contribution >= 0.6 is 0 Å². The maximum Gasteiger partial charge on any atom is 0.123 e. The second kappa shape index (κ2) is 5.05. The molecule has 2 rings (SSSR count). The van der Waals surface area contributed by atoms with Crippen LogP contribution in [0.1, 0.15) is 24.5 Å². The molecule has 0 aliphatic heterocycles. The van der Waals surface area contributed by atoms with Crippen molar-refractivity contribution in [3.8, 4) is 16.9 Å². The van der Waals surface area contributed by atoms with Crippen LogP contribution in [0.5, 0.6) is 5.75 Å². The highest BCUT2D eigenvalue weighted by Crippen LogP contribution is 2.35. The van der Waals surface area contributed by atoms with Crippen LogP contribution in [0.25, 0.3) is 11.1 Å². The Balaban J connectivity index is 2.63. The van der Waals surface area contributed by atoms with E-state index in [1.54, 1.807) is 6.07 Å². The summed E-state index contributed by atoms with van der Waals surface area (Å²) < 4.78 is 0. The molecule has 0 saturated carbocycles. The van der Waals surface area contributed by atoms with Crippen molar-refractivity contribution in [2.75, 3.05) is 0 Å². The molecule has 1 heteroatoms. The standard InChI is InChI=1S/C16H18O/c1-3-7-14-12(2)10-11-15(17)16(14)13-8-5-4-6-9-13/h4-6,8-11,17H,3,7H2,1-2H3. The minimum Gasteiger partial charge on any atom is -0.507 e. The zero-order valence-corrected chi connectivity index (χ0v) is 10.4. The second-order valence-corrected chi connectivity index (χ2v) is 4.37. The van der Waals surface area contributed by atoms with Gasteiger partial charge in [-0.3, -0.25) is 0 Å². The number of hydrogen-bond acceptors (Lipinski definition) is 1. The minimum absolute atomic E-state index is 0.380. The Labute approximate surface area is 103 Å². The normalized spacial score (nSPS) is 10.5. The molecule has 2 aromatic rings. The van der Waals surface area contributed by atoms with Crippen LogP contribution in [0.3, 0.4) is 0 Å². The number of aryl methyl sites for hydroxylation is 1. The topological polar surface area (TPSA) is 20.2 Å². The summed E-state index contributed by atoms with van der Waals surface area (Å²) in [5.41, 5.74) is 4.60. The highest BCUT2D eigenvalue weighted by atomic mass is 16.3. The van der Waals surface area contributed by atoms with Crippen LogP contribution in [0, 0.1) is 6.92 Å². The van der Waals surface area contributed by atoms with Crippen molar-refractivity contribution >= 4 is 0 Å². The van der Waals surface area contributed by atoms with Crippen LogP contribution in [0.4, 0.5) is 0 Å². The first-order valence-corrected chi connectivity index (χ1v) is 6.11. The number of phenols is 1. The Morgan fingerprint density at radius 1 is 1.00 bits per heavy atom. The summed E-state index contributed by atoms with van der Waals surface area (Å²) >= 11 is 0. The summed E-state index contributed by atoms with van der Waals surface area (Å²) in [7, 11) is 0. The maximum atomic E-state index is 10.1. The lowest BCUT2D eigenvalue weighted by Gasteiger charge is -2.14. The highest BCUT2D eigenvalue weighted by Gasteiger charge is 2.11. The van der Waals surface area contributed by atoms with E-state index >= 15 is 0 Å². The van der Waals surface area contributed by atoms with Gasteiger partial charge in [0.2, 0.25) is 0 Å². The Bertz CT molecular complexity index is 500. The molecule has 0 unspecified atom stereocenters. The van der Waals surface area contributed by atoms with E-state index in [0.29, 0.717) is 5.75 Å². The fraction of sp³-hybridized carbons (Fsp3) is 0.250. The van der Waals surface area contributed by atoms with Gasteiger partial charge in [-0.2, -0.15) is 0 Å². The number of hydrogen-bond donors (Lipinski definition) is 1. The molecule has 88 valence electrons. The maximum absolute atomic E-state index is 10.1. The van der Waals surface area contributed by atoms with Gasteiger partial charge >= 0.3 is 0 Å². The van der Waals surface area contributed by atoms with E-state index in [1.165, 1.54) is 11.1 Å². The lowest BCUT2D eigenvalue weighted by molar-refractivity contribution is 0.476. The third-order valence-corrected chi connectivity index (χ3v) is 3.09. The quantitative estimate of drug-likeness (QED) is 0.826. The average Bonchev–Trinajstić information content (AvgIpc) is 2.35. The van der Waals surface area contributed by atoms with E-state index in [2.05, 4.69) is 13.8 Å². The lowest BCUT2D eigenvalue weighted by atomic mass is 9.92. The number of aromatic hydroxyl groups is 1. The monoisotopic (exact) mass is 226 g/mol. The summed E-state index contributed by atoms with van der Waals surface area (Å²) in [5.74, 6) is 0.380. The molecule has 0 aliphatic rings. The smallest absolute Gasteiger partial charge is 0.123 e. The zero-order chi connectivity index (χ0) is 12.3. The predicted octanol–water partition coefficient (Wildman–Crippen LogP) is 4.32. The highest BCUT2D eigenvalue weighted by molar-refractivity contribution is 5.74. The first kappa shape index (κ1) is 11.7. The molecular weight excluding hydrogens is 208 g/mol. The molecule has 0 heterocycles. The van der Waals surface area contributed by atoms with Crippen molar-refractivity contribution in [1.29, 1.82) is 0 Å². The Kier molecular flexibility index (Phi) is 3.48. The number of phenolic OH excluding ortho intramolecular Hbond substituents is 1. The molecule has 0 radical (unpaired) electrons. The van der Waals surface area contributed by atoms with Crippen LogP contribution in [-0.4, -0.2) is 5.11 Å². The largest absolute Gasteiger partial charge is 0.507 e. The fourth-order valence-corrected chi connectivity index (χ4v) is 2.24. The molecule has 0 amide bonds. The molecular formula is C16H18O. The molecule has 0 spiro atoms. The van der Waals surface area contributed by atoms with E-state index < -0.39 is 0 Å². The van der Waals surface area contributed by atoms with Crippen molar-refractivity contribution < 1.29 is 5.11 Å². The minimum atomic E-state index is 0.380. The number of rotatable bonds is 3. The van der Waals surface area contributed by atoms with Gasteiger partial charge in [-0.1, -0.05) is 49.7 Å². The van der Waals surface area contributed by atoms with Gasteiger partial charge < -0.3 is 5.11 Å². The lowest BCUT2D eigenvalue weighted by Crippen LogP contribution is -1.94. The van der Waals surface area contributed by atoms with Crippen LogP contribution < -0.4 is 0 Å². The summed E-state index contributed by atoms with van der Waals surface area (Å²) in [6.45, 7) is 4.27. The summed E-state index contributed by atoms with van der Waals surface area (Å²) in [6.07, 6.45) is 2.09. The summed E-state index contributed by atoms with van der Waals surface area (Å²) in [6, 6.07) is 13.9. The molecule has 0 bridgehead atoms. The van der Waals surface area contributed by atoms with Gasteiger partial charge in [-0.25, -0.2) is 0 Å². The Hall–Kier alpha value is -1.76. The van der Waals surface area contributed by atoms with Crippen molar-refractivity contribution in [3.05, 3.63) is 53.6 Å². The average molecular weight is 226 g/mol. The molecule has 1 N–H and O–H groups in total. The molecule has 2 aromatic carbocycles. The fourth-order valence-electron chi connectivity index (χ4n) is 2.24. The third-order valence-electron chi connectivity index (χ3n) is 3.09. The van der Waals surface area contributed by atoms with Crippen molar-refractivity contribution in [2.45, 2.75) is 26.7 Å². The Morgan fingerprint density at radius 2 is 1.71 bits per heavy atom. The van der Waals surface area contributed by atoms with Gasteiger partial charge in [-0.15, -0.1) is 0 Å². The second-order valence-electron chi connectivity index (χ2n) is 4.37. The van der Waals surface area contributed by atoms with Gasteiger partial charge in [0.15, 0.2) is 0 Å². The molecule has 0 fully saturated rings. The third kappa shape index (κ3) is 2.33. The molecule has 0 aliphatic carbocycles. The van der Waals surface area contributed by atoms with Crippen LogP contribution in [0.15, 0.2) is 42.5 Å². The predicted molar refractivity (Wildman–Crippen MR) is 72.3 cm³/mol. The van der Waals surface area contributed by atoms with Gasteiger partial charge in [0.25, 0.3) is 0 Å². The first-order valence-electron chi connectivity index (χ1n) is 6.11. The molecule has 0 atom stereocenters. The Morgan fingerprint density at radius 3 is 2.35 bits per heavy atom. The first-order chi connectivity index (χ1) is 8.24. The van der Waals surface area contributed by atoms with E-state index in [0.717, 1.165) is 24.0 Å².